The molecule has 0 spiro atoms. The van der Waals surface area contributed by atoms with Crippen LogP contribution in [0.2, 0.25) is 0 Å². The number of halogens is 2. The summed E-state index contributed by atoms with van der Waals surface area (Å²) < 4.78 is -0.235. The number of fused-ring (bicyclic) bond motifs is 1. The van der Waals surface area contributed by atoms with Gasteiger partial charge in [-0.3, -0.25) is 0 Å². The van der Waals surface area contributed by atoms with E-state index in [9.17, 15) is 5.11 Å². The minimum absolute atomic E-state index is 0.225. The average molecular weight is 282 g/mol. The summed E-state index contributed by atoms with van der Waals surface area (Å²) in [4.78, 5) is 0. The lowest BCUT2D eigenvalue weighted by Gasteiger charge is -2.53. The highest BCUT2D eigenvalue weighted by atomic mass is 79.9. The molecule has 2 rings (SSSR count). The van der Waals surface area contributed by atoms with Crippen LogP contribution in [-0.4, -0.2) is 14.4 Å². The fourth-order valence-corrected chi connectivity index (χ4v) is 3.65. The molecule has 0 aromatic carbocycles. The van der Waals surface area contributed by atoms with Gasteiger partial charge in [0, 0.05) is 5.92 Å². The Kier molecular flexibility index (Phi) is 1.93. The van der Waals surface area contributed by atoms with Gasteiger partial charge in [-0.15, -0.1) is 0 Å². The lowest BCUT2D eigenvalue weighted by molar-refractivity contribution is -0.0197. The van der Waals surface area contributed by atoms with Crippen molar-refractivity contribution in [2.45, 2.75) is 22.2 Å². The van der Waals surface area contributed by atoms with E-state index in [2.05, 4.69) is 44.0 Å². The maximum atomic E-state index is 9.64. The Balaban J connectivity index is 2.20. The Morgan fingerprint density at radius 1 is 1.45 bits per heavy atom. The monoisotopic (exact) mass is 280 g/mol. The van der Waals surface area contributed by atoms with Crippen molar-refractivity contribution in [2.75, 3.05) is 0 Å². The van der Waals surface area contributed by atoms with Crippen LogP contribution in [0.5, 0.6) is 0 Å². The van der Waals surface area contributed by atoms with Gasteiger partial charge < -0.3 is 5.11 Å². The number of hydrogen-bond acceptors (Lipinski definition) is 1. The van der Waals surface area contributed by atoms with Crippen LogP contribution in [0.4, 0.5) is 0 Å². The van der Waals surface area contributed by atoms with Gasteiger partial charge in [0.05, 0.1) is 6.10 Å². The van der Waals surface area contributed by atoms with Crippen LogP contribution in [0.1, 0.15) is 12.8 Å². The van der Waals surface area contributed by atoms with Gasteiger partial charge in [-0.1, -0.05) is 44.0 Å². The minimum atomic E-state index is -0.235. The van der Waals surface area contributed by atoms with E-state index in [1.807, 2.05) is 0 Å². The molecule has 3 atom stereocenters. The van der Waals surface area contributed by atoms with Crippen molar-refractivity contribution in [2.24, 2.45) is 11.8 Å². The third-order valence-corrected chi connectivity index (χ3v) is 4.71. The van der Waals surface area contributed by atoms with Crippen molar-refractivity contribution in [1.29, 1.82) is 0 Å². The summed E-state index contributed by atoms with van der Waals surface area (Å²) in [6.07, 6.45) is 6.42. The van der Waals surface area contributed by atoms with Crippen LogP contribution in [-0.2, 0) is 0 Å². The predicted molar refractivity (Wildman–Crippen MR) is 51.9 cm³/mol. The van der Waals surface area contributed by atoms with Gasteiger partial charge in [-0.2, -0.15) is 0 Å². The molecule has 0 aromatic rings. The average Bonchev–Trinajstić information content (AvgIpc) is 2.04. The molecule has 1 saturated carbocycles. The molecule has 0 saturated heterocycles. The molecular weight excluding hydrogens is 272 g/mol. The lowest BCUT2D eigenvalue weighted by Crippen LogP contribution is -2.58. The van der Waals surface area contributed by atoms with E-state index in [1.165, 1.54) is 0 Å². The van der Waals surface area contributed by atoms with E-state index >= 15 is 0 Å². The summed E-state index contributed by atoms with van der Waals surface area (Å²) in [6, 6.07) is 0. The fourth-order valence-electron chi connectivity index (χ4n) is 1.99. The van der Waals surface area contributed by atoms with E-state index in [4.69, 9.17) is 0 Å². The largest absolute Gasteiger partial charge is 0.390 e. The quantitative estimate of drug-likeness (QED) is 0.534. The lowest BCUT2D eigenvalue weighted by atomic mass is 9.66. The van der Waals surface area contributed by atoms with Crippen molar-refractivity contribution in [3.8, 4) is 0 Å². The topological polar surface area (TPSA) is 20.2 Å². The van der Waals surface area contributed by atoms with Crippen LogP contribution in [0.3, 0.4) is 0 Å². The van der Waals surface area contributed by atoms with E-state index in [1.54, 1.807) is 0 Å². The molecule has 3 heteroatoms. The number of alkyl halides is 2. The molecular formula is C8H10Br2O. The second-order valence-corrected chi connectivity index (χ2v) is 7.00. The fraction of sp³-hybridized carbons (Fsp3) is 0.750. The Morgan fingerprint density at radius 2 is 2.18 bits per heavy atom. The standard InChI is InChI=1S/C8H10Br2O/c9-8(10)6-4-2-1-3-5(6)7(8)11/h2,4-7,11H,1,3H2/t5-,6+,7-/m0/s1. The minimum Gasteiger partial charge on any atom is -0.390 e. The molecule has 1 nitrogen and oxygen atoms in total. The smallest absolute Gasteiger partial charge is 0.113 e. The first-order chi connectivity index (χ1) is 5.14. The second kappa shape index (κ2) is 2.57. The Bertz CT molecular complexity index is 200. The van der Waals surface area contributed by atoms with Gasteiger partial charge in [0.2, 0.25) is 0 Å². The summed E-state index contributed by atoms with van der Waals surface area (Å²) in [5.74, 6) is 0.949. The third-order valence-electron chi connectivity index (χ3n) is 2.72. The summed E-state index contributed by atoms with van der Waals surface area (Å²) >= 11 is 6.97. The molecule has 1 fully saturated rings. The van der Waals surface area contributed by atoms with Gasteiger partial charge in [0.1, 0.15) is 3.23 Å². The first-order valence-electron chi connectivity index (χ1n) is 3.86. The van der Waals surface area contributed by atoms with Crippen LogP contribution in [0, 0.1) is 11.8 Å². The maximum absolute atomic E-state index is 9.64. The van der Waals surface area contributed by atoms with E-state index in [-0.39, 0.29) is 9.34 Å². The first-order valence-corrected chi connectivity index (χ1v) is 5.45. The summed E-state index contributed by atoms with van der Waals surface area (Å²) in [5, 5.41) is 9.64. The SMILES string of the molecule is O[C@H]1[C@H]2CCC=C[C@H]2C1(Br)Br. The van der Waals surface area contributed by atoms with E-state index in [0.717, 1.165) is 12.8 Å². The highest BCUT2D eigenvalue weighted by Crippen LogP contribution is 2.57. The number of allylic oxidation sites excluding steroid dienone is 2. The molecule has 2 aliphatic carbocycles. The zero-order valence-electron chi connectivity index (χ0n) is 6.00. The van der Waals surface area contributed by atoms with E-state index in [0.29, 0.717) is 11.8 Å². The predicted octanol–water partition coefficient (Wildman–Crippen LogP) is 2.43. The van der Waals surface area contributed by atoms with Crippen molar-refractivity contribution < 1.29 is 5.11 Å². The number of hydrogen-bond donors (Lipinski definition) is 1. The Labute approximate surface area is 83.1 Å². The van der Waals surface area contributed by atoms with Crippen LogP contribution in [0.15, 0.2) is 12.2 Å². The second-order valence-electron chi connectivity index (χ2n) is 3.31. The molecule has 2 aliphatic rings. The molecule has 0 unspecified atom stereocenters. The van der Waals surface area contributed by atoms with Gasteiger partial charge in [0.25, 0.3) is 0 Å². The molecule has 0 aliphatic heterocycles. The van der Waals surface area contributed by atoms with Gasteiger partial charge in [-0.05, 0) is 18.8 Å². The molecule has 0 heterocycles. The molecule has 62 valence electrons. The molecule has 1 N–H and O–H groups in total. The zero-order chi connectivity index (χ0) is 8.06. The molecule has 0 bridgehead atoms. The molecule has 0 radical (unpaired) electrons. The van der Waals surface area contributed by atoms with Crippen LogP contribution in [0.25, 0.3) is 0 Å². The summed E-state index contributed by atoms with van der Waals surface area (Å²) in [5.41, 5.74) is 0. The van der Waals surface area contributed by atoms with Gasteiger partial charge >= 0.3 is 0 Å². The van der Waals surface area contributed by atoms with Gasteiger partial charge in [0.15, 0.2) is 0 Å². The molecule has 0 amide bonds. The maximum Gasteiger partial charge on any atom is 0.113 e. The number of aliphatic hydroxyl groups excluding tert-OH is 1. The normalized spacial score (nSPS) is 46.3. The zero-order valence-corrected chi connectivity index (χ0v) is 9.18. The summed E-state index contributed by atoms with van der Waals surface area (Å²) in [7, 11) is 0. The summed E-state index contributed by atoms with van der Waals surface area (Å²) in [6.45, 7) is 0. The Morgan fingerprint density at radius 3 is 2.82 bits per heavy atom. The molecule has 11 heavy (non-hydrogen) atoms. The Hall–Kier alpha value is 0.660. The van der Waals surface area contributed by atoms with Gasteiger partial charge in [-0.25, -0.2) is 0 Å². The molecule has 0 aromatic heterocycles. The van der Waals surface area contributed by atoms with Crippen molar-refractivity contribution in [3.63, 3.8) is 0 Å². The number of aliphatic hydroxyl groups is 1. The first kappa shape index (κ1) is 8.27. The van der Waals surface area contributed by atoms with Crippen molar-refractivity contribution in [1.82, 2.24) is 0 Å². The van der Waals surface area contributed by atoms with Crippen LogP contribution >= 0.6 is 31.9 Å². The highest BCUT2D eigenvalue weighted by molar-refractivity contribution is 9.25. The van der Waals surface area contributed by atoms with Crippen LogP contribution < -0.4 is 0 Å². The van der Waals surface area contributed by atoms with Crippen molar-refractivity contribution in [3.05, 3.63) is 12.2 Å². The third kappa shape index (κ3) is 1.04. The van der Waals surface area contributed by atoms with E-state index < -0.39 is 0 Å². The number of rotatable bonds is 0. The highest BCUT2D eigenvalue weighted by Gasteiger charge is 2.57. The van der Waals surface area contributed by atoms with Crippen molar-refractivity contribution >= 4 is 31.9 Å².